The van der Waals surface area contributed by atoms with Gasteiger partial charge in [-0.2, -0.15) is 5.26 Å². The molecule has 0 radical (unpaired) electrons. The number of nitrogens with one attached hydrogen (secondary N) is 1. The molecular weight excluding hydrogens is 230 g/mol. The summed E-state index contributed by atoms with van der Waals surface area (Å²) in [5.74, 6) is -0.162. The van der Waals surface area contributed by atoms with E-state index in [1.54, 1.807) is 19.1 Å². The van der Waals surface area contributed by atoms with E-state index in [4.69, 9.17) is 5.26 Å². The third-order valence-electron chi connectivity index (χ3n) is 2.43. The number of rotatable bonds is 3. The van der Waals surface area contributed by atoms with E-state index < -0.39 is 6.04 Å². The summed E-state index contributed by atoms with van der Waals surface area (Å²) >= 11 is 0. The lowest BCUT2D eigenvalue weighted by molar-refractivity contribution is -0.119. The SMILES string of the molecule is CC(C(=O)Nc1ccccc1)n1cnc(C#N)n1. The fraction of sp³-hybridized carbons (Fsp3) is 0.167. The highest BCUT2D eigenvalue weighted by molar-refractivity contribution is 5.93. The van der Waals surface area contributed by atoms with Crippen LogP contribution in [0.25, 0.3) is 0 Å². The van der Waals surface area contributed by atoms with Crippen molar-refractivity contribution in [3.63, 3.8) is 0 Å². The molecule has 2 rings (SSSR count). The number of nitriles is 1. The number of hydrogen-bond donors (Lipinski definition) is 1. The maximum atomic E-state index is 11.9. The van der Waals surface area contributed by atoms with Gasteiger partial charge in [-0.25, -0.2) is 9.67 Å². The van der Waals surface area contributed by atoms with Gasteiger partial charge in [-0.05, 0) is 19.1 Å². The van der Waals surface area contributed by atoms with Gasteiger partial charge < -0.3 is 5.32 Å². The topological polar surface area (TPSA) is 83.6 Å². The molecule has 90 valence electrons. The lowest BCUT2D eigenvalue weighted by Crippen LogP contribution is -2.24. The predicted molar refractivity (Wildman–Crippen MR) is 64.5 cm³/mol. The van der Waals surface area contributed by atoms with E-state index in [1.165, 1.54) is 11.0 Å². The largest absolute Gasteiger partial charge is 0.324 e. The van der Waals surface area contributed by atoms with Gasteiger partial charge in [0, 0.05) is 5.69 Å². The summed E-state index contributed by atoms with van der Waals surface area (Å²) in [5, 5.41) is 15.2. The van der Waals surface area contributed by atoms with Crippen molar-refractivity contribution >= 4 is 11.6 Å². The molecule has 0 aliphatic carbocycles. The monoisotopic (exact) mass is 241 g/mol. The summed E-state index contributed by atoms with van der Waals surface area (Å²) in [6, 6.07) is 10.4. The van der Waals surface area contributed by atoms with Crippen LogP contribution in [0.1, 0.15) is 18.8 Å². The normalized spacial score (nSPS) is 11.6. The molecule has 6 nitrogen and oxygen atoms in total. The quantitative estimate of drug-likeness (QED) is 0.879. The summed E-state index contributed by atoms with van der Waals surface area (Å²) in [5.41, 5.74) is 0.718. The van der Waals surface area contributed by atoms with E-state index >= 15 is 0 Å². The Balaban J connectivity index is 2.07. The third kappa shape index (κ3) is 2.52. The molecule has 18 heavy (non-hydrogen) atoms. The highest BCUT2D eigenvalue weighted by Gasteiger charge is 2.16. The van der Waals surface area contributed by atoms with Crippen molar-refractivity contribution in [3.05, 3.63) is 42.5 Å². The molecule has 1 amide bonds. The van der Waals surface area contributed by atoms with Crippen molar-refractivity contribution in [2.24, 2.45) is 0 Å². The first kappa shape index (κ1) is 11.8. The van der Waals surface area contributed by atoms with Gasteiger partial charge in [0.15, 0.2) is 0 Å². The molecule has 0 aliphatic rings. The number of nitrogens with zero attached hydrogens (tertiary/aromatic N) is 4. The Hall–Kier alpha value is -2.68. The summed E-state index contributed by atoms with van der Waals surface area (Å²) in [6.07, 6.45) is 1.37. The molecule has 0 bridgehead atoms. The van der Waals surface area contributed by atoms with Crippen LogP contribution < -0.4 is 5.32 Å². The molecule has 0 saturated carbocycles. The molecule has 1 aromatic heterocycles. The molecule has 1 heterocycles. The summed E-state index contributed by atoms with van der Waals surface area (Å²) in [7, 11) is 0. The number of carbonyl (C=O) groups is 1. The summed E-state index contributed by atoms with van der Waals surface area (Å²) in [6.45, 7) is 1.69. The fourth-order valence-corrected chi connectivity index (χ4v) is 1.40. The van der Waals surface area contributed by atoms with Crippen LogP contribution in [-0.4, -0.2) is 20.7 Å². The Morgan fingerprint density at radius 1 is 1.44 bits per heavy atom. The van der Waals surface area contributed by atoms with E-state index in [0.717, 1.165) is 5.69 Å². The average Bonchev–Trinajstić information content (AvgIpc) is 2.87. The van der Waals surface area contributed by atoms with E-state index in [-0.39, 0.29) is 11.7 Å². The minimum Gasteiger partial charge on any atom is -0.324 e. The Morgan fingerprint density at radius 3 is 2.78 bits per heavy atom. The van der Waals surface area contributed by atoms with Crippen LogP contribution >= 0.6 is 0 Å². The zero-order valence-electron chi connectivity index (χ0n) is 9.74. The van der Waals surface area contributed by atoms with Crippen LogP contribution in [-0.2, 0) is 4.79 Å². The number of anilines is 1. The summed E-state index contributed by atoms with van der Waals surface area (Å²) < 4.78 is 1.36. The van der Waals surface area contributed by atoms with Crippen molar-refractivity contribution in [2.75, 3.05) is 5.32 Å². The van der Waals surface area contributed by atoms with E-state index in [9.17, 15) is 4.79 Å². The average molecular weight is 241 g/mol. The molecule has 2 aromatic rings. The zero-order chi connectivity index (χ0) is 13.0. The Morgan fingerprint density at radius 2 is 2.17 bits per heavy atom. The van der Waals surface area contributed by atoms with Crippen LogP contribution in [0.15, 0.2) is 36.7 Å². The van der Waals surface area contributed by atoms with Crippen LogP contribution in [0.5, 0.6) is 0 Å². The van der Waals surface area contributed by atoms with Crippen LogP contribution in [0.2, 0.25) is 0 Å². The molecule has 0 spiro atoms. The predicted octanol–water partition coefficient (Wildman–Crippen LogP) is 1.35. The zero-order valence-corrected chi connectivity index (χ0v) is 9.74. The standard InChI is InChI=1S/C12H11N5O/c1-9(17-8-14-11(7-13)16-17)12(18)15-10-5-3-2-4-6-10/h2-6,8-9H,1H3,(H,15,18). The van der Waals surface area contributed by atoms with Gasteiger partial charge in [0.25, 0.3) is 5.82 Å². The molecule has 1 unspecified atom stereocenters. The van der Waals surface area contributed by atoms with Gasteiger partial charge in [-0.1, -0.05) is 18.2 Å². The lowest BCUT2D eigenvalue weighted by atomic mass is 10.3. The maximum absolute atomic E-state index is 11.9. The van der Waals surface area contributed by atoms with Crippen molar-refractivity contribution in [3.8, 4) is 6.07 Å². The van der Waals surface area contributed by atoms with Crippen LogP contribution in [0.3, 0.4) is 0 Å². The van der Waals surface area contributed by atoms with Gasteiger partial charge >= 0.3 is 0 Å². The van der Waals surface area contributed by atoms with Crippen molar-refractivity contribution in [1.82, 2.24) is 14.8 Å². The van der Waals surface area contributed by atoms with Gasteiger partial charge in [-0.3, -0.25) is 4.79 Å². The van der Waals surface area contributed by atoms with Crippen LogP contribution in [0, 0.1) is 11.3 Å². The second kappa shape index (κ2) is 5.10. The van der Waals surface area contributed by atoms with Gasteiger partial charge in [0.2, 0.25) is 5.91 Å². The van der Waals surface area contributed by atoms with Crippen molar-refractivity contribution in [2.45, 2.75) is 13.0 Å². The lowest BCUT2D eigenvalue weighted by Gasteiger charge is -2.11. The number of aromatic nitrogens is 3. The van der Waals surface area contributed by atoms with Gasteiger partial charge in [-0.15, -0.1) is 5.10 Å². The Kier molecular flexibility index (Phi) is 3.34. The molecule has 0 aliphatic heterocycles. The number of para-hydroxylation sites is 1. The number of benzene rings is 1. The first-order valence-corrected chi connectivity index (χ1v) is 5.38. The third-order valence-corrected chi connectivity index (χ3v) is 2.43. The van der Waals surface area contributed by atoms with Crippen LogP contribution in [0.4, 0.5) is 5.69 Å². The molecule has 0 fully saturated rings. The van der Waals surface area contributed by atoms with Gasteiger partial charge in [0.05, 0.1) is 0 Å². The Labute approximate surface area is 104 Å². The first-order valence-electron chi connectivity index (χ1n) is 5.38. The molecule has 0 saturated heterocycles. The van der Waals surface area contributed by atoms with Crippen molar-refractivity contribution < 1.29 is 4.79 Å². The van der Waals surface area contributed by atoms with E-state index in [1.807, 2.05) is 24.3 Å². The molecule has 1 N–H and O–H groups in total. The second-order valence-corrected chi connectivity index (χ2v) is 3.69. The Bertz CT molecular complexity index is 584. The molecular formula is C12H11N5O. The first-order chi connectivity index (χ1) is 8.70. The molecule has 6 heteroatoms. The van der Waals surface area contributed by atoms with Crippen molar-refractivity contribution in [1.29, 1.82) is 5.26 Å². The number of amides is 1. The van der Waals surface area contributed by atoms with E-state index in [2.05, 4.69) is 15.4 Å². The second-order valence-electron chi connectivity index (χ2n) is 3.69. The minimum atomic E-state index is -0.528. The van der Waals surface area contributed by atoms with E-state index in [0.29, 0.717) is 0 Å². The number of hydrogen-bond acceptors (Lipinski definition) is 4. The molecule has 1 aromatic carbocycles. The highest BCUT2D eigenvalue weighted by atomic mass is 16.2. The summed E-state index contributed by atoms with van der Waals surface area (Å²) in [4.78, 5) is 15.7. The fourth-order valence-electron chi connectivity index (χ4n) is 1.40. The van der Waals surface area contributed by atoms with Gasteiger partial charge in [0.1, 0.15) is 18.4 Å². The highest BCUT2D eigenvalue weighted by Crippen LogP contribution is 2.10. The smallest absolute Gasteiger partial charge is 0.252 e. The minimum absolute atomic E-state index is 0.0503. The maximum Gasteiger partial charge on any atom is 0.252 e. The number of carbonyl (C=O) groups excluding carboxylic acids is 1. The molecule has 1 atom stereocenters.